The Kier molecular flexibility index (Phi) is 3.50. The smallest absolute Gasteiger partial charge is 0.348 e. The van der Waals surface area contributed by atoms with E-state index in [0.29, 0.717) is 16.3 Å². The van der Waals surface area contributed by atoms with Crippen molar-refractivity contribution in [3.05, 3.63) is 63.9 Å². The Morgan fingerprint density at radius 2 is 2.09 bits per heavy atom. The zero-order valence-electron chi connectivity index (χ0n) is 12.7. The van der Waals surface area contributed by atoms with Gasteiger partial charge in [0.1, 0.15) is 22.9 Å². The van der Waals surface area contributed by atoms with Crippen molar-refractivity contribution in [1.82, 2.24) is 5.16 Å². The average Bonchev–Trinajstić information content (AvgIpc) is 3.18. The molecule has 2 aromatic heterocycles. The summed E-state index contributed by atoms with van der Waals surface area (Å²) >= 11 is 1.51. The third-order valence-electron chi connectivity index (χ3n) is 3.96. The highest BCUT2D eigenvalue weighted by atomic mass is 32.1. The first-order chi connectivity index (χ1) is 11.2. The van der Waals surface area contributed by atoms with E-state index in [1.807, 2.05) is 19.1 Å². The molecule has 0 N–H and O–H groups in total. The Hall–Kier alpha value is -2.40. The van der Waals surface area contributed by atoms with Crippen molar-refractivity contribution in [2.24, 2.45) is 0 Å². The third-order valence-corrected chi connectivity index (χ3v) is 5.15. The van der Waals surface area contributed by atoms with Gasteiger partial charge in [-0.1, -0.05) is 29.4 Å². The quantitative estimate of drug-likeness (QED) is 0.678. The average molecular weight is 325 g/mol. The van der Waals surface area contributed by atoms with E-state index >= 15 is 0 Å². The van der Waals surface area contributed by atoms with Crippen LogP contribution in [-0.4, -0.2) is 11.1 Å². The fourth-order valence-corrected chi connectivity index (χ4v) is 4.03. The number of carbonyl (C=O) groups is 1. The van der Waals surface area contributed by atoms with Crippen molar-refractivity contribution in [3.63, 3.8) is 0 Å². The molecule has 0 radical (unpaired) electrons. The first kappa shape index (κ1) is 14.2. The highest BCUT2D eigenvalue weighted by Gasteiger charge is 2.22. The topological polar surface area (TPSA) is 52.3 Å². The van der Waals surface area contributed by atoms with Crippen molar-refractivity contribution in [3.8, 4) is 10.4 Å². The number of rotatable bonds is 3. The lowest BCUT2D eigenvalue weighted by atomic mass is 9.91. The molecule has 0 atom stereocenters. The van der Waals surface area contributed by atoms with Gasteiger partial charge in [0.05, 0.1) is 0 Å². The Labute approximate surface area is 137 Å². The molecule has 1 aliphatic rings. The number of fused-ring (bicyclic) bond motifs is 3. The van der Waals surface area contributed by atoms with Crippen molar-refractivity contribution in [2.75, 3.05) is 0 Å². The molecule has 0 bridgehead atoms. The van der Waals surface area contributed by atoms with Crippen molar-refractivity contribution >= 4 is 17.3 Å². The van der Waals surface area contributed by atoms with Gasteiger partial charge in [-0.2, -0.15) is 0 Å². The van der Waals surface area contributed by atoms with Gasteiger partial charge < -0.3 is 9.26 Å². The molecule has 1 aromatic carbocycles. The van der Waals surface area contributed by atoms with Crippen LogP contribution in [0.5, 0.6) is 0 Å². The van der Waals surface area contributed by atoms with Gasteiger partial charge in [-0.05, 0) is 42.5 Å². The molecular weight excluding hydrogens is 310 g/mol. The molecule has 1 aliphatic carbocycles. The van der Waals surface area contributed by atoms with Crippen LogP contribution in [0.15, 0.2) is 40.9 Å². The fraction of sp³-hybridized carbons (Fsp3) is 0.222. The van der Waals surface area contributed by atoms with Gasteiger partial charge in [0, 0.05) is 10.9 Å². The molecule has 0 saturated heterocycles. The standard InChI is InChI=1S/C18H15NO3S/c1-11-8-14(19-22-11)10-21-18(20)16-9-13-7-6-12-4-2-3-5-15(12)17(13)23-16/h2-5,8-9H,6-7,10H2,1H3. The number of carbonyl (C=O) groups excluding carboxylic acids is 1. The number of aromatic nitrogens is 1. The van der Waals surface area contributed by atoms with E-state index in [9.17, 15) is 4.79 Å². The Bertz CT molecular complexity index is 878. The van der Waals surface area contributed by atoms with Crippen LogP contribution in [0.2, 0.25) is 0 Å². The lowest BCUT2D eigenvalue weighted by Gasteiger charge is -2.15. The van der Waals surface area contributed by atoms with E-state index in [2.05, 4.69) is 23.4 Å². The summed E-state index contributed by atoms with van der Waals surface area (Å²) in [5, 5.41) is 3.83. The maximum absolute atomic E-state index is 12.3. The fourth-order valence-electron chi connectivity index (χ4n) is 2.87. The second-order valence-corrected chi connectivity index (χ2v) is 6.68. The SMILES string of the molecule is Cc1cc(COC(=O)c2cc3c(s2)-c2ccccc2CC3)no1. The summed E-state index contributed by atoms with van der Waals surface area (Å²) in [6.07, 6.45) is 1.99. The van der Waals surface area contributed by atoms with Crippen LogP contribution in [0.3, 0.4) is 0 Å². The molecule has 0 saturated carbocycles. The molecule has 0 unspecified atom stereocenters. The van der Waals surface area contributed by atoms with Crippen LogP contribution < -0.4 is 0 Å². The van der Waals surface area contributed by atoms with E-state index in [1.54, 1.807) is 6.07 Å². The van der Waals surface area contributed by atoms with Crippen molar-refractivity contribution in [2.45, 2.75) is 26.4 Å². The Morgan fingerprint density at radius 1 is 1.26 bits per heavy atom. The molecule has 4 nitrogen and oxygen atoms in total. The molecule has 116 valence electrons. The number of benzene rings is 1. The minimum absolute atomic E-state index is 0.134. The van der Waals surface area contributed by atoms with Gasteiger partial charge in [0.25, 0.3) is 0 Å². The minimum atomic E-state index is -0.303. The molecular formula is C18H15NO3S. The number of thiophene rings is 1. The number of aryl methyl sites for hydroxylation is 3. The number of nitrogens with zero attached hydrogens (tertiary/aromatic N) is 1. The summed E-state index contributed by atoms with van der Waals surface area (Å²) < 4.78 is 10.3. The maximum Gasteiger partial charge on any atom is 0.348 e. The zero-order valence-corrected chi connectivity index (χ0v) is 13.5. The van der Waals surface area contributed by atoms with Crippen LogP contribution in [-0.2, 0) is 24.2 Å². The van der Waals surface area contributed by atoms with E-state index in [0.717, 1.165) is 12.8 Å². The molecule has 0 aliphatic heterocycles. The van der Waals surface area contributed by atoms with Crippen LogP contribution in [0.4, 0.5) is 0 Å². The summed E-state index contributed by atoms with van der Waals surface area (Å²) in [6.45, 7) is 1.94. The summed E-state index contributed by atoms with van der Waals surface area (Å²) in [5.41, 5.74) is 4.45. The number of hydrogen-bond donors (Lipinski definition) is 0. The number of esters is 1. The first-order valence-electron chi connectivity index (χ1n) is 7.51. The molecule has 23 heavy (non-hydrogen) atoms. The Morgan fingerprint density at radius 3 is 2.91 bits per heavy atom. The number of ether oxygens (including phenoxy) is 1. The maximum atomic E-state index is 12.3. The highest BCUT2D eigenvalue weighted by molar-refractivity contribution is 7.17. The zero-order chi connectivity index (χ0) is 15.8. The van der Waals surface area contributed by atoms with E-state index in [-0.39, 0.29) is 12.6 Å². The third kappa shape index (κ3) is 2.68. The molecule has 4 rings (SSSR count). The predicted octanol–water partition coefficient (Wildman–Crippen LogP) is 4.17. The molecule has 3 aromatic rings. The van der Waals surface area contributed by atoms with E-state index in [4.69, 9.17) is 9.26 Å². The van der Waals surface area contributed by atoms with Gasteiger partial charge in [-0.25, -0.2) is 4.79 Å². The molecule has 5 heteroatoms. The Balaban J connectivity index is 1.55. The minimum Gasteiger partial charge on any atom is -0.455 e. The highest BCUT2D eigenvalue weighted by Crippen LogP contribution is 2.39. The first-order valence-corrected chi connectivity index (χ1v) is 8.32. The second-order valence-electron chi connectivity index (χ2n) is 5.63. The lowest BCUT2D eigenvalue weighted by molar-refractivity contribution is 0.0470. The molecule has 2 heterocycles. The lowest BCUT2D eigenvalue weighted by Crippen LogP contribution is -2.03. The van der Waals surface area contributed by atoms with Gasteiger partial charge in [0.2, 0.25) is 0 Å². The van der Waals surface area contributed by atoms with Gasteiger partial charge in [0.15, 0.2) is 0 Å². The van der Waals surface area contributed by atoms with Gasteiger partial charge >= 0.3 is 5.97 Å². The summed E-state index contributed by atoms with van der Waals surface area (Å²) in [5.74, 6) is 0.404. The predicted molar refractivity (Wildman–Crippen MR) is 87.5 cm³/mol. The largest absolute Gasteiger partial charge is 0.455 e. The van der Waals surface area contributed by atoms with Crippen LogP contribution in [0, 0.1) is 6.92 Å². The van der Waals surface area contributed by atoms with Crippen LogP contribution >= 0.6 is 11.3 Å². The van der Waals surface area contributed by atoms with Crippen LogP contribution in [0.25, 0.3) is 10.4 Å². The number of hydrogen-bond acceptors (Lipinski definition) is 5. The van der Waals surface area contributed by atoms with Crippen molar-refractivity contribution in [1.29, 1.82) is 0 Å². The molecule has 0 amide bonds. The van der Waals surface area contributed by atoms with Gasteiger partial charge in [-0.15, -0.1) is 11.3 Å². The summed E-state index contributed by atoms with van der Waals surface area (Å²) in [6, 6.07) is 12.1. The van der Waals surface area contributed by atoms with Crippen molar-refractivity contribution < 1.29 is 14.1 Å². The monoisotopic (exact) mass is 325 g/mol. The molecule has 0 fully saturated rings. The second kappa shape index (κ2) is 5.66. The normalized spacial score (nSPS) is 12.6. The van der Waals surface area contributed by atoms with Crippen LogP contribution in [0.1, 0.15) is 32.3 Å². The van der Waals surface area contributed by atoms with E-state index < -0.39 is 0 Å². The summed E-state index contributed by atoms with van der Waals surface area (Å²) in [7, 11) is 0. The molecule has 0 spiro atoms. The van der Waals surface area contributed by atoms with E-state index in [1.165, 1.54) is 32.9 Å². The van der Waals surface area contributed by atoms with Gasteiger partial charge in [-0.3, -0.25) is 0 Å². The summed E-state index contributed by atoms with van der Waals surface area (Å²) in [4.78, 5) is 14.1.